The van der Waals surface area contributed by atoms with E-state index in [0.717, 1.165) is 12.2 Å². The Kier molecular flexibility index (Phi) is 3.99. The van der Waals surface area contributed by atoms with Crippen LogP contribution in [0.5, 0.6) is 0 Å². The van der Waals surface area contributed by atoms with Gasteiger partial charge in [-0.15, -0.1) is 11.3 Å². The third-order valence-electron chi connectivity index (χ3n) is 3.20. The molecule has 0 saturated carbocycles. The van der Waals surface area contributed by atoms with Crippen molar-refractivity contribution >= 4 is 28.7 Å². The number of hydrogen-bond donors (Lipinski definition) is 3. The maximum absolute atomic E-state index is 10.9. The summed E-state index contributed by atoms with van der Waals surface area (Å²) >= 11 is 1.73. The van der Waals surface area contributed by atoms with Gasteiger partial charge in [-0.2, -0.15) is 0 Å². The van der Waals surface area contributed by atoms with E-state index in [4.69, 9.17) is 10.8 Å². The molecule has 1 heterocycles. The Morgan fingerprint density at radius 1 is 1.40 bits per heavy atom. The van der Waals surface area contributed by atoms with E-state index < -0.39 is 5.97 Å². The SMILES string of the molecule is CC(C)(CNc1ccc(C(=O)O)c(N)c1)c1cccs1. The van der Waals surface area contributed by atoms with E-state index in [2.05, 4.69) is 30.6 Å². The highest BCUT2D eigenvalue weighted by Gasteiger charge is 2.21. The fraction of sp³-hybridized carbons (Fsp3) is 0.267. The number of nitrogens with two attached hydrogens (primary N) is 1. The van der Waals surface area contributed by atoms with Gasteiger partial charge in [-0.3, -0.25) is 0 Å². The number of carbonyl (C=O) groups is 1. The third kappa shape index (κ3) is 3.11. The van der Waals surface area contributed by atoms with E-state index in [1.54, 1.807) is 23.5 Å². The number of thiophene rings is 1. The van der Waals surface area contributed by atoms with Crippen LogP contribution in [0.4, 0.5) is 11.4 Å². The Balaban J connectivity index is 2.08. The predicted molar refractivity (Wildman–Crippen MR) is 83.6 cm³/mol. The number of carboxylic acids is 1. The second-order valence-corrected chi connectivity index (χ2v) is 6.27. The monoisotopic (exact) mass is 290 g/mol. The average molecular weight is 290 g/mol. The number of carboxylic acid groups (broad SMARTS) is 1. The Morgan fingerprint density at radius 3 is 2.70 bits per heavy atom. The summed E-state index contributed by atoms with van der Waals surface area (Å²) in [5.41, 5.74) is 6.98. The molecule has 2 rings (SSSR count). The van der Waals surface area contributed by atoms with Gasteiger partial charge in [0, 0.05) is 28.2 Å². The van der Waals surface area contributed by atoms with Crippen molar-refractivity contribution < 1.29 is 9.90 Å². The molecule has 0 bridgehead atoms. The van der Waals surface area contributed by atoms with Gasteiger partial charge < -0.3 is 16.2 Å². The van der Waals surface area contributed by atoms with Crippen molar-refractivity contribution in [3.63, 3.8) is 0 Å². The van der Waals surface area contributed by atoms with Crippen LogP contribution < -0.4 is 11.1 Å². The lowest BCUT2D eigenvalue weighted by atomic mass is 9.91. The van der Waals surface area contributed by atoms with Gasteiger partial charge in [-0.25, -0.2) is 4.79 Å². The van der Waals surface area contributed by atoms with E-state index in [-0.39, 0.29) is 16.7 Å². The Labute approximate surface area is 122 Å². The molecule has 0 aliphatic heterocycles. The number of benzene rings is 1. The molecule has 1 aromatic carbocycles. The van der Waals surface area contributed by atoms with Gasteiger partial charge in [0.15, 0.2) is 0 Å². The topological polar surface area (TPSA) is 75.3 Å². The zero-order valence-corrected chi connectivity index (χ0v) is 12.3. The molecule has 0 fully saturated rings. The van der Waals surface area contributed by atoms with Gasteiger partial charge in [0.05, 0.1) is 5.56 Å². The summed E-state index contributed by atoms with van der Waals surface area (Å²) in [7, 11) is 0. The lowest BCUT2D eigenvalue weighted by Gasteiger charge is -2.24. The minimum Gasteiger partial charge on any atom is -0.478 e. The molecule has 0 unspecified atom stereocenters. The van der Waals surface area contributed by atoms with Crippen molar-refractivity contribution in [1.82, 2.24) is 0 Å². The fourth-order valence-electron chi connectivity index (χ4n) is 1.94. The molecule has 20 heavy (non-hydrogen) atoms. The predicted octanol–water partition coefficient (Wildman–Crippen LogP) is 3.42. The highest BCUT2D eigenvalue weighted by Crippen LogP contribution is 2.28. The summed E-state index contributed by atoms with van der Waals surface area (Å²) in [5, 5.41) is 14.3. The lowest BCUT2D eigenvalue weighted by Crippen LogP contribution is -2.26. The molecular weight excluding hydrogens is 272 g/mol. The Hall–Kier alpha value is -2.01. The molecular formula is C15H18N2O2S. The van der Waals surface area contributed by atoms with Crippen molar-refractivity contribution in [2.24, 2.45) is 0 Å². The first-order valence-electron chi connectivity index (χ1n) is 6.31. The minimum absolute atomic E-state index is 0.00833. The molecule has 0 saturated heterocycles. The minimum atomic E-state index is -1.01. The van der Waals surface area contributed by atoms with Crippen LogP contribution in [0.25, 0.3) is 0 Å². The van der Waals surface area contributed by atoms with E-state index in [1.165, 1.54) is 10.9 Å². The van der Waals surface area contributed by atoms with Gasteiger partial charge in [0.25, 0.3) is 0 Å². The molecule has 0 atom stereocenters. The largest absolute Gasteiger partial charge is 0.478 e. The first-order chi connectivity index (χ1) is 9.40. The maximum atomic E-state index is 10.9. The summed E-state index contributed by atoms with van der Waals surface area (Å²) in [5.74, 6) is -1.01. The molecule has 4 nitrogen and oxygen atoms in total. The van der Waals surface area contributed by atoms with Gasteiger partial charge in [0.2, 0.25) is 0 Å². The van der Waals surface area contributed by atoms with E-state index in [1.807, 2.05) is 6.07 Å². The Bertz CT molecular complexity index is 606. The first-order valence-corrected chi connectivity index (χ1v) is 7.19. The average Bonchev–Trinajstić information content (AvgIpc) is 2.90. The summed E-state index contributed by atoms with van der Waals surface area (Å²) in [6.07, 6.45) is 0. The lowest BCUT2D eigenvalue weighted by molar-refractivity contribution is 0.0698. The van der Waals surface area contributed by atoms with Crippen LogP contribution in [0, 0.1) is 0 Å². The smallest absolute Gasteiger partial charge is 0.337 e. The van der Waals surface area contributed by atoms with Crippen LogP contribution in [0.1, 0.15) is 29.1 Å². The number of nitrogens with one attached hydrogen (secondary N) is 1. The van der Waals surface area contributed by atoms with Crippen molar-refractivity contribution in [3.05, 3.63) is 46.2 Å². The standard InChI is InChI=1S/C15H18N2O2S/c1-15(2,13-4-3-7-20-13)9-17-10-5-6-11(14(18)19)12(16)8-10/h3-8,17H,9,16H2,1-2H3,(H,18,19). The quantitative estimate of drug-likeness (QED) is 0.738. The maximum Gasteiger partial charge on any atom is 0.337 e. The van der Waals surface area contributed by atoms with Gasteiger partial charge >= 0.3 is 5.97 Å². The highest BCUT2D eigenvalue weighted by atomic mass is 32.1. The number of nitrogen functional groups attached to an aromatic ring is 1. The van der Waals surface area contributed by atoms with Crippen LogP contribution in [0.3, 0.4) is 0 Å². The van der Waals surface area contributed by atoms with Crippen LogP contribution in [-0.4, -0.2) is 17.6 Å². The zero-order valence-electron chi connectivity index (χ0n) is 11.5. The van der Waals surface area contributed by atoms with E-state index >= 15 is 0 Å². The van der Waals surface area contributed by atoms with Gasteiger partial charge in [-0.05, 0) is 29.6 Å². The van der Waals surface area contributed by atoms with Gasteiger partial charge in [-0.1, -0.05) is 19.9 Å². The van der Waals surface area contributed by atoms with Crippen molar-refractivity contribution in [3.8, 4) is 0 Å². The van der Waals surface area contributed by atoms with Crippen LogP contribution >= 0.6 is 11.3 Å². The van der Waals surface area contributed by atoms with Crippen LogP contribution in [0.15, 0.2) is 35.7 Å². The normalized spacial score (nSPS) is 11.3. The number of hydrogen-bond acceptors (Lipinski definition) is 4. The molecule has 5 heteroatoms. The summed E-state index contributed by atoms with van der Waals surface area (Å²) < 4.78 is 0. The molecule has 0 radical (unpaired) electrons. The van der Waals surface area contributed by atoms with E-state index in [9.17, 15) is 4.79 Å². The molecule has 0 amide bonds. The van der Waals surface area contributed by atoms with E-state index in [0.29, 0.717) is 0 Å². The summed E-state index contributed by atoms with van der Waals surface area (Å²) in [6.45, 7) is 5.08. The highest BCUT2D eigenvalue weighted by molar-refractivity contribution is 7.10. The molecule has 1 aromatic heterocycles. The van der Waals surface area contributed by atoms with Crippen molar-refractivity contribution in [2.45, 2.75) is 19.3 Å². The molecule has 0 spiro atoms. The fourth-order valence-corrected chi connectivity index (χ4v) is 2.79. The molecule has 0 aliphatic carbocycles. The van der Waals surface area contributed by atoms with Crippen molar-refractivity contribution in [2.75, 3.05) is 17.6 Å². The molecule has 2 aromatic rings. The molecule has 106 valence electrons. The van der Waals surface area contributed by atoms with Crippen LogP contribution in [0.2, 0.25) is 0 Å². The second-order valence-electron chi connectivity index (χ2n) is 5.32. The van der Waals surface area contributed by atoms with Gasteiger partial charge in [0.1, 0.15) is 0 Å². The van der Waals surface area contributed by atoms with Crippen molar-refractivity contribution in [1.29, 1.82) is 0 Å². The first kappa shape index (κ1) is 14.4. The zero-order chi connectivity index (χ0) is 14.8. The molecule has 4 N–H and O–H groups in total. The summed E-state index contributed by atoms with van der Waals surface area (Å²) in [6, 6.07) is 9.09. The van der Waals surface area contributed by atoms with Crippen LogP contribution in [-0.2, 0) is 5.41 Å². The Morgan fingerprint density at radius 2 is 2.15 bits per heavy atom. The summed E-state index contributed by atoms with van der Waals surface area (Å²) in [4.78, 5) is 12.2. The second kappa shape index (κ2) is 5.54. The molecule has 0 aliphatic rings. The third-order valence-corrected chi connectivity index (χ3v) is 4.44. The number of rotatable bonds is 5. The number of anilines is 2. The number of aromatic carboxylic acids is 1.